The molecule has 236 valence electrons. The summed E-state index contributed by atoms with van der Waals surface area (Å²) in [6.45, 7) is 14.2. The predicted octanol–water partition coefficient (Wildman–Crippen LogP) is 2.51. The van der Waals surface area contributed by atoms with Crippen LogP contribution < -0.4 is 16.4 Å². The van der Waals surface area contributed by atoms with Crippen LogP contribution in [0.1, 0.15) is 90.1 Å². The lowest BCUT2D eigenvalue weighted by atomic mass is 9.57. The molecule has 6 rings (SSSR count). The van der Waals surface area contributed by atoms with Gasteiger partial charge in [0.2, 0.25) is 5.91 Å². The minimum absolute atomic E-state index is 0.0216. The Morgan fingerprint density at radius 2 is 1.88 bits per heavy atom. The van der Waals surface area contributed by atoms with Gasteiger partial charge in [-0.15, -0.1) is 0 Å². The molecule has 10 nitrogen and oxygen atoms in total. The van der Waals surface area contributed by atoms with E-state index in [1.54, 1.807) is 6.07 Å². The molecule has 0 aromatic heterocycles. The molecule has 0 radical (unpaired) electrons. The number of amides is 1. The van der Waals surface area contributed by atoms with Gasteiger partial charge in [0.05, 0.1) is 27.8 Å². The van der Waals surface area contributed by atoms with Crippen molar-refractivity contribution in [2.24, 2.45) is 17.1 Å². The van der Waals surface area contributed by atoms with Crippen molar-refractivity contribution in [1.29, 1.82) is 0 Å². The first-order valence-electron chi connectivity index (χ1n) is 15.8. The number of nitrogens with one attached hydrogen (secondary N) is 2. The Hall–Kier alpha value is -2.37. The predicted molar refractivity (Wildman–Crippen MR) is 162 cm³/mol. The maximum absolute atomic E-state index is 14.3. The van der Waals surface area contributed by atoms with Crippen molar-refractivity contribution in [3.05, 3.63) is 29.3 Å². The number of hydrogen-bond donors (Lipinski definition) is 4. The minimum Gasteiger partial charge on any atom is -0.461 e. The van der Waals surface area contributed by atoms with Crippen LogP contribution in [0.15, 0.2) is 18.2 Å². The van der Waals surface area contributed by atoms with Crippen molar-refractivity contribution in [1.82, 2.24) is 10.2 Å². The zero-order valence-electron chi connectivity index (χ0n) is 26.7. The number of rotatable bonds is 6. The second kappa shape index (κ2) is 9.57. The number of nitrogens with two attached hydrogens (primary N) is 1. The van der Waals surface area contributed by atoms with Crippen LogP contribution in [0.2, 0.25) is 0 Å². The first kappa shape index (κ1) is 30.6. The van der Waals surface area contributed by atoms with Gasteiger partial charge in [-0.05, 0) is 64.6 Å². The number of carbonyl (C=O) groups is 3. The van der Waals surface area contributed by atoms with Crippen LogP contribution in [-0.2, 0) is 24.5 Å². The normalized spacial score (nSPS) is 39.6. The number of esters is 1. The van der Waals surface area contributed by atoms with Crippen LogP contribution >= 0.6 is 0 Å². The molecule has 1 amide bonds. The number of hydrogen-bond acceptors (Lipinski definition) is 9. The average molecular weight is 597 g/mol. The third-order valence-electron chi connectivity index (χ3n) is 12.0. The molecule has 5 N–H and O–H groups in total. The average Bonchev–Trinajstić information content (AvgIpc) is 3.42. The third kappa shape index (κ3) is 3.99. The molecule has 1 spiro atoms. The Morgan fingerprint density at radius 1 is 1.21 bits per heavy atom. The third-order valence-corrected chi connectivity index (χ3v) is 12.0. The van der Waals surface area contributed by atoms with Gasteiger partial charge in [0.25, 0.3) is 0 Å². The molecule has 10 heteroatoms. The fourth-order valence-electron chi connectivity index (χ4n) is 9.11. The van der Waals surface area contributed by atoms with E-state index in [-0.39, 0.29) is 41.8 Å². The molecule has 0 bridgehead atoms. The van der Waals surface area contributed by atoms with Gasteiger partial charge in [-0.25, -0.2) is 0 Å². The van der Waals surface area contributed by atoms with Crippen molar-refractivity contribution in [3.8, 4) is 0 Å². The second-order valence-electron chi connectivity index (χ2n) is 15.2. The molecule has 8 unspecified atom stereocenters. The monoisotopic (exact) mass is 596 g/mol. The SMILES string of the molecule is CNC12CN3C(C)CC(OC(=O)C(N)C(C)C)CC3CC1(O)C(C)(C)C1(C2)C(=O)Nc2c(C(=O)C3OC3(C)C)cccc21. The van der Waals surface area contributed by atoms with Gasteiger partial charge >= 0.3 is 5.97 Å². The van der Waals surface area contributed by atoms with Gasteiger partial charge < -0.3 is 30.9 Å². The summed E-state index contributed by atoms with van der Waals surface area (Å²) in [5.74, 6) is -0.740. The van der Waals surface area contributed by atoms with Gasteiger partial charge in [0.1, 0.15) is 18.2 Å². The summed E-state index contributed by atoms with van der Waals surface area (Å²) in [6.07, 6.45) is 1.20. The number of ketones is 1. The Balaban J connectivity index is 1.37. The van der Waals surface area contributed by atoms with Crippen LogP contribution in [0.5, 0.6) is 0 Å². The molecule has 5 aliphatic rings. The molecule has 4 fully saturated rings. The van der Waals surface area contributed by atoms with E-state index in [1.807, 2.05) is 60.7 Å². The van der Waals surface area contributed by atoms with Gasteiger partial charge in [-0.1, -0.05) is 39.8 Å². The fraction of sp³-hybridized carbons (Fsp3) is 0.727. The summed E-state index contributed by atoms with van der Waals surface area (Å²) in [7, 11) is 1.87. The van der Waals surface area contributed by atoms with E-state index in [9.17, 15) is 19.5 Å². The lowest BCUT2D eigenvalue weighted by Crippen LogP contribution is -2.75. The molecule has 4 aliphatic heterocycles. The Labute approximate surface area is 254 Å². The number of carbonyl (C=O) groups excluding carboxylic acids is 3. The molecule has 1 aliphatic carbocycles. The zero-order valence-corrected chi connectivity index (χ0v) is 26.7. The number of epoxide rings is 1. The lowest BCUT2D eigenvalue weighted by molar-refractivity contribution is -0.184. The molecule has 3 saturated heterocycles. The standard InChI is InChI=1S/C33H48N4O6/c1-17(2)23(34)27(39)42-20-12-18(3)37-16-31(35-8)15-32(30(6,7)33(31,41)14-19(37)13-20)22-11-9-10-21(24(22)36-28(32)40)25(38)26-29(4,5)43-26/h9-11,17-20,23,26,35,41H,12-16,34H2,1-8H3,(H,36,40). The van der Waals surface area contributed by atoms with E-state index in [0.717, 1.165) is 5.56 Å². The van der Waals surface area contributed by atoms with Gasteiger partial charge in [-0.2, -0.15) is 0 Å². The summed E-state index contributed by atoms with van der Waals surface area (Å²) in [4.78, 5) is 42.9. The summed E-state index contributed by atoms with van der Waals surface area (Å²) in [6, 6.07) is 4.89. The molecule has 1 aromatic carbocycles. The van der Waals surface area contributed by atoms with Gasteiger partial charge in [0.15, 0.2) is 5.78 Å². The zero-order chi connectivity index (χ0) is 31.5. The van der Waals surface area contributed by atoms with Crippen molar-refractivity contribution >= 4 is 23.3 Å². The highest BCUT2D eigenvalue weighted by molar-refractivity contribution is 6.15. The maximum Gasteiger partial charge on any atom is 0.323 e. The van der Waals surface area contributed by atoms with Crippen molar-refractivity contribution in [2.45, 2.75) is 127 Å². The van der Waals surface area contributed by atoms with E-state index >= 15 is 0 Å². The van der Waals surface area contributed by atoms with E-state index in [2.05, 4.69) is 22.5 Å². The lowest BCUT2D eigenvalue weighted by Gasteiger charge is -2.60. The van der Waals surface area contributed by atoms with E-state index < -0.39 is 39.7 Å². The number of fused-ring (bicyclic) bond motifs is 4. The minimum atomic E-state index is -1.30. The number of aliphatic hydroxyl groups is 1. The van der Waals surface area contributed by atoms with Crippen molar-refractivity contribution in [3.63, 3.8) is 0 Å². The highest BCUT2D eigenvalue weighted by atomic mass is 16.6. The Kier molecular flexibility index (Phi) is 6.82. The highest BCUT2D eigenvalue weighted by Crippen LogP contribution is 2.69. The van der Waals surface area contributed by atoms with Crippen LogP contribution in [0.3, 0.4) is 0 Å². The van der Waals surface area contributed by atoms with E-state index in [1.165, 1.54) is 0 Å². The number of para-hydroxylation sites is 1. The van der Waals surface area contributed by atoms with Gasteiger partial charge in [-0.3, -0.25) is 19.3 Å². The van der Waals surface area contributed by atoms with Crippen molar-refractivity contribution in [2.75, 3.05) is 18.9 Å². The Bertz CT molecular complexity index is 1380. The number of likely N-dealkylation sites (N-methyl/N-ethyl adjacent to an activating group) is 1. The maximum atomic E-state index is 14.3. The summed E-state index contributed by atoms with van der Waals surface area (Å²) < 4.78 is 11.6. The fourth-order valence-corrected chi connectivity index (χ4v) is 9.11. The van der Waals surface area contributed by atoms with E-state index in [0.29, 0.717) is 43.5 Å². The molecular weight excluding hydrogens is 548 g/mol. The van der Waals surface area contributed by atoms with Crippen LogP contribution in [0.4, 0.5) is 5.69 Å². The number of nitrogens with zero attached hydrogens (tertiary/aromatic N) is 1. The topological polar surface area (TPSA) is 147 Å². The van der Waals surface area contributed by atoms with Crippen molar-refractivity contribution < 1.29 is 29.0 Å². The van der Waals surface area contributed by atoms with Crippen LogP contribution in [0.25, 0.3) is 0 Å². The first-order chi connectivity index (χ1) is 20.0. The van der Waals surface area contributed by atoms with Crippen LogP contribution in [0, 0.1) is 11.3 Å². The molecule has 8 atom stereocenters. The van der Waals surface area contributed by atoms with Crippen LogP contribution in [-0.4, -0.2) is 88.3 Å². The first-order valence-corrected chi connectivity index (χ1v) is 15.8. The smallest absolute Gasteiger partial charge is 0.323 e. The molecule has 4 heterocycles. The number of benzene rings is 1. The van der Waals surface area contributed by atoms with Gasteiger partial charge in [0, 0.05) is 36.0 Å². The highest BCUT2D eigenvalue weighted by Gasteiger charge is 2.79. The number of anilines is 1. The second-order valence-corrected chi connectivity index (χ2v) is 15.2. The van der Waals surface area contributed by atoms with E-state index in [4.69, 9.17) is 15.2 Å². The number of piperidine rings is 2. The number of Topliss-reactive ketones (excluding diaryl/α,β-unsaturated/α-hetero) is 1. The molecule has 1 saturated carbocycles. The molecule has 43 heavy (non-hydrogen) atoms. The summed E-state index contributed by atoms with van der Waals surface area (Å²) in [5.41, 5.74) is 3.20. The Morgan fingerprint density at radius 3 is 2.49 bits per heavy atom. The molecule has 1 aromatic rings. The largest absolute Gasteiger partial charge is 0.461 e. The summed E-state index contributed by atoms with van der Waals surface area (Å²) >= 11 is 0. The summed E-state index contributed by atoms with van der Waals surface area (Å²) in [5, 5.41) is 19.6. The quantitative estimate of drug-likeness (QED) is 0.221. The number of ether oxygens (including phenoxy) is 2. The molecular formula is C33H48N4O6.